The molecule has 1 aliphatic carbocycles. The van der Waals surface area contributed by atoms with E-state index in [1.54, 1.807) is 13.2 Å². The number of sulfonamides is 1. The second kappa shape index (κ2) is 13.6. The van der Waals surface area contributed by atoms with Crippen LogP contribution in [0.2, 0.25) is 0 Å². The smallest absolute Gasteiger partial charge is 0.264 e. The van der Waals surface area contributed by atoms with Gasteiger partial charge >= 0.3 is 0 Å². The number of methoxy groups -OCH3 is 1. The summed E-state index contributed by atoms with van der Waals surface area (Å²) in [6, 6.07) is 15.5. The van der Waals surface area contributed by atoms with E-state index in [-0.39, 0.29) is 22.7 Å². The van der Waals surface area contributed by atoms with Crippen molar-refractivity contribution >= 4 is 16.0 Å². The fraction of sp³-hybridized carbons (Fsp3) is 0.568. The highest BCUT2D eigenvalue weighted by Gasteiger charge is 2.50. The molecule has 1 aromatic heterocycles. The Balaban J connectivity index is 1.33. The molecule has 9 heteroatoms. The van der Waals surface area contributed by atoms with E-state index in [2.05, 4.69) is 39.5 Å². The van der Waals surface area contributed by atoms with Crippen LogP contribution in [0.25, 0.3) is 11.3 Å². The summed E-state index contributed by atoms with van der Waals surface area (Å²) < 4.78 is 42.1. The normalized spacial score (nSPS) is 22.7. The maximum atomic E-state index is 13.8. The Morgan fingerprint density at radius 3 is 2.46 bits per heavy atom. The highest BCUT2D eigenvalue weighted by molar-refractivity contribution is 7.92. The predicted octanol–water partition coefficient (Wildman–Crippen LogP) is 7.23. The molecule has 2 aliphatic heterocycles. The third-order valence-electron chi connectivity index (χ3n) is 10.6. The molecular weight excluding hydrogens is 596 g/mol. The number of hydrogen-bond donors (Lipinski definition) is 1. The quantitative estimate of drug-likeness (QED) is 0.258. The summed E-state index contributed by atoms with van der Waals surface area (Å²) in [4.78, 5) is 12.1. The van der Waals surface area contributed by atoms with Crippen LogP contribution in [0, 0.1) is 37.0 Å². The monoisotopic (exact) mass is 646 g/mol. The van der Waals surface area contributed by atoms with Crippen molar-refractivity contribution in [3.8, 4) is 17.1 Å². The molecule has 2 aromatic carbocycles. The average Bonchev–Trinajstić information content (AvgIpc) is 2.99. The first kappa shape index (κ1) is 32.9. The topological polar surface area (TPSA) is 93.7 Å². The third kappa shape index (κ3) is 7.11. The number of anilines is 1. The molecule has 3 aliphatic rings. The fourth-order valence-electron chi connectivity index (χ4n) is 8.40. The number of benzene rings is 2. The van der Waals surface area contributed by atoms with Gasteiger partial charge in [-0.15, -0.1) is 0 Å². The van der Waals surface area contributed by atoms with Gasteiger partial charge in [0, 0.05) is 37.8 Å². The molecule has 248 valence electrons. The lowest BCUT2D eigenvalue weighted by Gasteiger charge is -2.55. The van der Waals surface area contributed by atoms with E-state index in [1.165, 1.54) is 25.7 Å². The lowest BCUT2D eigenvalue weighted by molar-refractivity contribution is -0.0373. The van der Waals surface area contributed by atoms with Gasteiger partial charge in [0.2, 0.25) is 11.8 Å². The van der Waals surface area contributed by atoms with Crippen LogP contribution in [0.4, 0.5) is 5.95 Å². The third-order valence-corrected chi connectivity index (χ3v) is 11.9. The summed E-state index contributed by atoms with van der Waals surface area (Å²) in [7, 11) is -2.16. The van der Waals surface area contributed by atoms with Gasteiger partial charge in [-0.25, -0.2) is 18.1 Å². The van der Waals surface area contributed by atoms with Gasteiger partial charge in [-0.3, -0.25) is 0 Å². The standard InChI is InChI=1S/C37H50N4O4S/c1-25(2)19-29-24-45-33-21-32(34-26(3)9-6-10-27(34)4)38-36(39-33)40-46(42,43)31-12-7-11-28(20-31)35(29)30-22-37(23-30)13-16-41(17-14-37)15-8-18-44-5/h6-7,9-12,20-21,25,29-30,35H,8,13-19,22-24H2,1-5H3,(H,38,39,40)/t29-,35?/m1/s1. The molecule has 1 saturated carbocycles. The number of hydrogen-bond acceptors (Lipinski definition) is 7. The molecule has 3 heterocycles. The lowest BCUT2D eigenvalue weighted by Crippen LogP contribution is -2.49. The highest BCUT2D eigenvalue weighted by Crippen LogP contribution is 2.59. The maximum absolute atomic E-state index is 13.8. The second-order valence-corrected chi connectivity index (χ2v) is 16.1. The van der Waals surface area contributed by atoms with E-state index >= 15 is 0 Å². The first-order chi connectivity index (χ1) is 22.1. The van der Waals surface area contributed by atoms with E-state index in [4.69, 9.17) is 9.47 Å². The first-order valence-corrected chi connectivity index (χ1v) is 18.5. The van der Waals surface area contributed by atoms with E-state index in [1.807, 2.05) is 50.2 Å². The zero-order chi connectivity index (χ0) is 32.5. The van der Waals surface area contributed by atoms with E-state index in [0.717, 1.165) is 61.3 Å². The van der Waals surface area contributed by atoms with Gasteiger partial charge in [0.25, 0.3) is 10.0 Å². The highest BCUT2D eigenvalue weighted by atomic mass is 32.2. The Morgan fingerprint density at radius 1 is 1.04 bits per heavy atom. The Morgan fingerprint density at radius 2 is 1.76 bits per heavy atom. The van der Waals surface area contributed by atoms with Crippen LogP contribution in [0.15, 0.2) is 53.4 Å². The SMILES string of the molecule is COCCCN1CCC2(CC1)CC(C1c3cccc(c3)S(=O)(=O)Nc3nc(cc(-c4c(C)cccc4C)n3)OC[C@H]1CC(C)C)C2. The number of likely N-dealkylation sites (tertiary alicyclic amines) is 1. The minimum absolute atomic E-state index is 0.0209. The molecule has 1 spiro atoms. The number of fused-ring (bicyclic) bond motifs is 4. The van der Waals surface area contributed by atoms with Crippen molar-refractivity contribution in [2.75, 3.05) is 44.7 Å². The van der Waals surface area contributed by atoms with Gasteiger partial charge in [0.15, 0.2) is 0 Å². The number of aryl methyl sites for hydroxylation is 2. The lowest BCUT2D eigenvalue weighted by atomic mass is 9.52. The molecular formula is C37H50N4O4S. The summed E-state index contributed by atoms with van der Waals surface area (Å²) in [6.45, 7) is 13.3. The molecule has 0 radical (unpaired) electrons. The number of aromatic nitrogens is 2. The fourth-order valence-corrected chi connectivity index (χ4v) is 9.40. The molecule has 2 fully saturated rings. The molecule has 1 N–H and O–H groups in total. The van der Waals surface area contributed by atoms with Crippen molar-refractivity contribution in [3.05, 3.63) is 65.2 Å². The van der Waals surface area contributed by atoms with Crippen molar-refractivity contribution in [2.24, 2.45) is 23.2 Å². The first-order valence-electron chi connectivity index (χ1n) is 17.0. The molecule has 1 saturated heterocycles. The van der Waals surface area contributed by atoms with Crippen molar-refractivity contribution < 1.29 is 17.9 Å². The number of piperidine rings is 1. The molecule has 1 unspecified atom stereocenters. The van der Waals surface area contributed by atoms with Crippen molar-refractivity contribution in [2.45, 2.75) is 77.0 Å². The van der Waals surface area contributed by atoms with Crippen LogP contribution in [0.3, 0.4) is 0 Å². The van der Waals surface area contributed by atoms with Crippen molar-refractivity contribution in [1.29, 1.82) is 0 Å². The Labute approximate surface area is 275 Å². The Bertz CT molecular complexity index is 1610. The molecule has 4 bridgehead atoms. The zero-order valence-electron chi connectivity index (χ0n) is 28.1. The minimum atomic E-state index is -3.93. The Kier molecular flexibility index (Phi) is 9.74. The van der Waals surface area contributed by atoms with Crippen LogP contribution in [0.5, 0.6) is 5.88 Å². The van der Waals surface area contributed by atoms with Crippen molar-refractivity contribution in [1.82, 2.24) is 14.9 Å². The van der Waals surface area contributed by atoms with Crippen LogP contribution in [-0.2, 0) is 14.8 Å². The van der Waals surface area contributed by atoms with Crippen LogP contribution >= 0.6 is 0 Å². The van der Waals surface area contributed by atoms with Gasteiger partial charge in [0.1, 0.15) is 0 Å². The molecule has 2 atom stereocenters. The zero-order valence-corrected chi connectivity index (χ0v) is 28.9. The molecule has 0 amide bonds. The summed E-state index contributed by atoms with van der Waals surface area (Å²) in [5.41, 5.74) is 5.22. The second-order valence-electron chi connectivity index (χ2n) is 14.4. The molecule has 3 aromatic rings. The molecule has 8 nitrogen and oxygen atoms in total. The largest absolute Gasteiger partial charge is 0.477 e. The molecule has 46 heavy (non-hydrogen) atoms. The number of nitrogens with zero attached hydrogens (tertiary/aromatic N) is 3. The van der Waals surface area contributed by atoms with E-state index < -0.39 is 10.0 Å². The summed E-state index contributed by atoms with van der Waals surface area (Å²) in [5, 5.41) is 0. The molecule has 6 rings (SSSR count). The summed E-state index contributed by atoms with van der Waals surface area (Å²) in [5.74, 6) is 1.77. The van der Waals surface area contributed by atoms with Gasteiger partial charge in [-0.2, -0.15) is 4.98 Å². The van der Waals surface area contributed by atoms with Gasteiger partial charge in [0.05, 0.1) is 17.2 Å². The van der Waals surface area contributed by atoms with Gasteiger partial charge < -0.3 is 14.4 Å². The average molecular weight is 647 g/mol. The van der Waals surface area contributed by atoms with E-state index in [9.17, 15) is 8.42 Å². The number of nitrogens with one attached hydrogen (secondary N) is 1. The number of ether oxygens (including phenoxy) is 2. The minimum Gasteiger partial charge on any atom is -0.477 e. The maximum Gasteiger partial charge on any atom is 0.264 e. The van der Waals surface area contributed by atoms with Crippen LogP contribution < -0.4 is 9.46 Å². The van der Waals surface area contributed by atoms with Gasteiger partial charge in [-0.05, 0) is 117 Å². The Hall–Kier alpha value is -3.01. The van der Waals surface area contributed by atoms with Crippen LogP contribution in [0.1, 0.15) is 75.0 Å². The summed E-state index contributed by atoms with van der Waals surface area (Å²) in [6.07, 6.45) is 6.90. The van der Waals surface area contributed by atoms with Gasteiger partial charge in [-0.1, -0.05) is 44.2 Å². The van der Waals surface area contributed by atoms with Crippen molar-refractivity contribution in [3.63, 3.8) is 0 Å². The number of rotatable bonds is 8. The predicted molar refractivity (Wildman–Crippen MR) is 183 cm³/mol. The van der Waals surface area contributed by atoms with Crippen LogP contribution in [-0.4, -0.2) is 63.2 Å². The van der Waals surface area contributed by atoms with E-state index in [0.29, 0.717) is 35.4 Å². The summed E-state index contributed by atoms with van der Waals surface area (Å²) >= 11 is 0.